The lowest BCUT2D eigenvalue weighted by atomic mass is 9.99. The molecule has 0 saturated carbocycles. The molecule has 0 bridgehead atoms. The fraction of sp³-hybridized carbons (Fsp3) is 0.643. The van der Waals surface area contributed by atoms with E-state index in [1.807, 2.05) is 4.90 Å². The van der Waals surface area contributed by atoms with E-state index in [2.05, 4.69) is 6.07 Å². The molecule has 2 aliphatic rings. The van der Waals surface area contributed by atoms with E-state index >= 15 is 0 Å². The zero-order valence-electron chi connectivity index (χ0n) is 10.7. The molecule has 1 aliphatic heterocycles. The van der Waals surface area contributed by atoms with E-state index in [-0.39, 0.29) is 11.9 Å². The summed E-state index contributed by atoms with van der Waals surface area (Å²) in [6.07, 6.45) is 6.94. The first-order valence-electron chi connectivity index (χ1n) is 6.90. The van der Waals surface area contributed by atoms with Crippen molar-refractivity contribution in [3.63, 3.8) is 0 Å². The number of fused-ring (bicyclic) bond motifs is 1. The molecule has 1 aromatic heterocycles. The zero-order chi connectivity index (χ0) is 12.5. The number of likely N-dealkylation sites (tertiary alicyclic amines) is 1. The van der Waals surface area contributed by atoms with Gasteiger partial charge in [0.25, 0.3) is 5.91 Å². The van der Waals surface area contributed by atoms with Gasteiger partial charge in [-0.2, -0.15) is 0 Å². The van der Waals surface area contributed by atoms with Gasteiger partial charge < -0.3 is 10.6 Å². The number of piperidine rings is 1. The summed E-state index contributed by atoms with van der Waals surface area (Å²) >= 11 is 1.71. The smallest absolute Gasteiger partial charge is 0.263 e. The van der Waals surface area contributed by atoms with Gasteiger partial charge in [-0.05, 0) is 50.2 Å². The normalized spacial score (nSPS) is 23.8. The molecular formula is C14H20N2OS. The number of carbonyl (C=O) groups is 1. The van der Waals surface area contributed by atoms with Crippen molar-refractivity contribution in [2.45, 2.75) is 44.6 Å². The first-order chi connectivity index (χ1) is 8.74. The van der Waals surface area contributed by atoms with Gasteiger partial charge in [0.15, 0.2) is 0 Å². The van der Waals surface area contributed by atoms with Gasteiger partial charge in [0.2, 0.25) is 0 Å². The number of nitrogens with two attached hydrogens (primary N) is 1. The molecule has 1 fully saturated rings. The van der Waals surface area contributed by atoms with Gasteiger partial charge in [0.05, 0.1) is 4.88 Å². The number of hydrogen-bond acceptors (Lipinski definition) is 3. The molecule has 0 aromatic carbocycles. The van der Waals surface area contributed by atoms with E-state index in [9.17, 15) is 4.79 Å². The Morgan fingerprint density at radius 2 is 2.17 bits per heavy atom. The zero-order valence-corrected chi connectivity index (χ0v) is 11.5. The summed E-state index contributed by atoms with van der Waals surface area (Å²) in [5.74, 6) is 0.199. The van der Waals surface area contributed by atoms with Gasteiger partial charge in [-0.1, -0.05) is 0 Å². The third kappa shape index (κ3) is 2.31. The topological polar surface area (TPSA) is 46.3 Å². The van der Waals surface area contributed by atoms with Crippen molar-refractivity contribution in [1.82, 2.24) is 4.90 Å². The van der Waals surface area contributed by atoms with Crippen LogP contribution in [0.4, 0.5) is 0 Å². The number of thiophene rings is 1. The standard InChI is InChI=1S/C14H20N2OS/c15-11-5-3-7-16(9-11)14(17)13-8-10-4-1-2-6-12(10)18-13/h8,11H,1-7,9,15H2/t11-/m1/s1. The van der Waals surface area contributed by atoms with Gasteiger partial charge >= 0.3 is 0 Å². The van der Waals surface area contributed by atoms with Gasteiger partial charge in [0, 0.05) is 24.0 Å². The lowest BCUT2D eigenvalue weighted by molar-refractivity contribution is 0.0713. The van der Waals surface area contributed by atoms with Crippen molar-refractivity contribution < 1.29 is 4.79 Å². The lowest BCUT2D eigenvalue weighted by Crippen LogP contribution is -2.45. The predicted molar refractivity (Wildman–Crippen MR) is 74.1 cm³/mol. The third-order valence-electron chi connectivity index (χ3n) is 3.95. The fourth-order valence-corrected chi connectivity index (χ4v) is 4.17. The van der Waals surface area contributed by atoms with Crippen LogP contribution in [0.15, 0.2) is 6.07 Å². The summed E-state index contributed by atoms with van der Waals surface area (Å²) in [6.45, 7) is 1.59. The Bertz CT molecular complexity index is 431. The molecule has 3 nitrogen and oxygen atoms in total. The SMILES string of the molecule is N[C@@H]1CCCN(C(=O)c2cc3c(s2)CCCC3)C1. The minimum absolute atomic E-state index is 0.164. The molecule has 1 saturated heterocycles. The summed E-state index contributed by atoms with van der Waals surface area (Å²) in [7, 11) is 0. The highest BCUT2D eigenvalue weighted by molar-refractivity contribution is 7.14. The highest BCUT2D eigenvalue weighted by atomic mass is 32.1. The van der Waals surface area contributed by atoms with E-state index in [0.717, 1.165) is 43.6 Å². The second-order valence-corrected chi connectivity index (χ2v) is 6.56. The fourth-order valence-electron chi connectivity index (χ4n) is 2.95. The Morgan fingerprint density at radius 3 is 2.94 bits per heavy atom. The van der Waals surface area contributed by atoms with Crippen LogP contribution >= 0.6 is 11.3 Å². The van der Waals surface area contributed by atoms with Crippen molar-refractivity contribution >= 4 is 17.2 Å². The summed E-state index contributed by atoms with van der Waals surface area (Å²) in [4.78, 5) is 16.7. The average Bonchev–Trinajstić information content (AvgIpc) is 2.81. The van der Waals surface area contributed by atoms with Crippen LogP contribution in [-0.2, 0) is 12.8 Å². The Kier molecular flexibility index (Phi) is 3.39. The Hall–Kier alpha value is -0.870. The molecule has 2 N–H and O–H groups in total. The Balaban J connectivity index is 1.77. The molecule has 98 valence electrons. The number of carbonyl (C=O) groups excluding carboxylic acids is 1. The summed E-state index contributed by atoms with van der Waals surface area (Å²) in [5, 5.41) is 0. The molecule has 3 rings (SSSR count). The van der Waals surface area contributed by atoms with E-state index in [0.29, 0.717) is 0 Å². The van der Waals surface area contributed by atoms with Crippen molar-refractivity contribution in [3.8, 4) is 0 Å². The first kappa shape index (κ1) is 12.2. The molecule has 4 heteroatoms. The minimum Gasteiger partial charge on any atom is -0.336 e. The number of rotatable bonds is 1. The minimum atomic E-state index is 0.164. The Morgan fingerprint density at radius 1 is 1.33 bits per heavy atom. The predicted octanol–water partition coefficient (Wildman–Crippen LogP) is 2.19. The molecule has 0 unspecified atom stereocenters. The van der Waals surface area contributed by atoms with Crippen molar-refractivity contribution in [3.05, 3.63) is 21.4 Å². The van der Waals surface area contributed by atoms with E-state index in [1.165, 1.54) is 23.3 Å². The maximum Gasteiger partial charge on any atom is 0.263 e. The molecule has 1 atom stereocenters. The van der Waals surface area contributed by atoms with Gasteiger partial charge in [-0.3, -0.25) is 4.79 Å². The molecule has 1 aromatic rings. The molecule has 1 amide bonds. The van der Waals surface area contributed by atoms with Crippen LogP contribution in [0.25, 0.3) is 0 Å². The van der Waals surface area contributed by atoms with E-state index in [1.54, 1.807) is 11.3 Å². The van der Waals surface area contributed by atoms with Crippen LogP contribution in [0.1, 0.15) is 45.8 Å². The van der Waals surface area contributed by atoms with Crippen LogP contribution in [0.3, 0.4) is 0 Å². The summed E-state index contributed by atoms with van der Waals surface area (Å²) in [5.41, 5.74) is 7.36. The largest absolute Gasteiger partial charge is 0.336 e. The van der Waals surface area contributed by atoms with Crippen LogP contribution < -0.4 is 5.73 Å². The quantitative estimate of drug-likeness (QED) is 0.845. The van der Waals surface area contributed by atoms with Crippen LogP contribution in [0.5, 0.6) is 0 Å². The van der Waals surface area contributed by atoms with Crippen LogP contribution in [0, 0.1) is 0 Å². The molecule has 0 radical (unpaired) electrons. The summed E-state index contributed by atoms with van der Waals surface area (Å²) < 4.78 is 0. The molecule has 1 aliphatic carbocycles. The molecule has 2 heterocycles. The average molecular weight is 264 g/mol. The summed E-state index contributed by atoms with van der Waals surface area (Å²) in [6, 6.07) is 2.29. The first-order valence-corrected chi connectivity index (χ1v) is 7.72. The number of aryl methyl sites for hydroxylation is 2. The van der Waals surface area contributed by atoms with Crippen molar-refractivity contribution in [1.29, 1.82) is 0 Å². The second kappa shape index (κ2) is 5.02. The monoisotopic (exact) mass is 264 g/mol. The van der Waals surface area contributed by atoms with Gasteiger partial charge in [0.1, 0.15) is 0 Å². The number of amides is 1. The molecule has 18 heavy (non-hydrogen) atoms. The maximum absolute atomic E-state index is 12.4. The number of hydrogen-bond donors (Lipinski definition) is 1. The number of nitrogens with zero attached hydrogens (tertiary/aromatic N) is 1. The van der Waals surface area contributed by atoms with Gasteiger partial charge in [-0.15, -0.1) is 11.3 Å². The van der Waals surface area contributed by atoms with Crippen molar-refractivity contribution in [2.75, 3.05) is 13.1 Å². The highest BCUT2D eigenvalue weighted by Gasteiger charge is 2.25. The van der Waals surface area contributed by atoms with E-state index in [4.69, 9.17) is 5.73 Å². The van der Waals surface area contributed by atoms with Gasteiger partial charge in [-0.25, -0.2) is 0 Å². The third-order valence-corrected chi connectivity index (χ3v) is 5.18. The van der Waals surface area contributed by atoms with E-state index < -0.39 is 0 Å². The van der Waals surface area contributed by atoms with Crippen molar-refractivity contribution in [2.24, 2.45) is 5.73 Å². The lowest BCUT2D eigenvalue weighted by Gasteiger charge is -2.30. The second-order valence-electron chi connectivity index (χ2n) is 5.42. The molecule has 0 spiro atoms. The maximum atomic E-state index is 12.4. The highest BCUT2D eigenvalue weighted by Crippen LogP contribution is 2.30. The molecular weight excluding hydrogens is 244 g/mol. The van der Waals surface area contributed by atoms with Crippen LogP contribution in [-0.4, -0.2) is 29.9 Å². The Labute approximate surface area is 112 Å². The van der Waals surface area contributed by atoms with Crippen LogP contribution in [0.2, 0.25) is 0 Å².